The summed E-state index contributed by atoms with van der Waals surface area (Å²) in [5, 5.41) is 7.63. The van der Waals surface area contributed by atoms with Crippen molar-refractivity contribution in [3.05, 3.63) is 17.0 Å². The largest absolute Gasteiger partial charge is 0.361 e. The summed E-state index contributed by atoms with van der Waals surface area (Å²) in [6.07, 6.45) is 6.69. The summed E-state index contributed by atoms with van der Waals surface area (Å²) < 4.78 is 5.21. The van der Waals surface area contributed by atoms with Crippen LogP contribution in [0.2, 0.25) is 0 Å². The van der Waals surface area contributed by atoms with E-state index in [4.69, 9.17) is 4.52 Å². The van der Waals surface area contributed by atoms with Crippen molar-refractivity contribution < 1.29 is 4.52 Å². The van der Waals surface area contributed by atoms with Crippen LogP contribution in [0.3, 0.4) is 0 Å². The molecule has 4 nitrogen and oxygen atoms in total. The van der Waals surface area contributed by atoms with Crippen LogP contribution in [0.5, 0.6) is 0 Å². The molecule has 1 N–H and O–H groups in total. The molecule has 1 saturated carbocycles. The number of aryl methyl sites for hydroxylation is 2. The van der Waals surface area contributed by atoms with Gasteiger partial charge in [-0.15, -0.1) is 0 Å². The number of rotatable bonds is 5. The minimum atomic E-state index is 0.331. The summed E-state index contributed by atoms with van der Waals surface area (Å²) in [6.45, 7) is 5.90. The molecule has 1 aliphatic rings. The molecule has 0 bridgehead atoms. The lowest BCUT2D eigenvalue weighted by Gasteiger charge is -2.43. The zero-order valence-electron chi connectivity index (χ0n) is 12.8. The number of nitrogens with zero attached hydrogens (tertiary/aromatic N) is 2. The third-order valence-corrected chi connectivity index (χ3v) is 4.67. The number of hydrogen-bond acceptors (Lipinski definition) is 4. The molecule has 19 heavy (non-hydrogen) atoms. The molecule has 0 unspecified atom stereocenters. The van der Waals surface area contributed by atoms with E-state index in [2.05, 4.69) is 29.5 Å². The second-order valence-corrected chi connectivity index (χ2v) is 6.09. The Hall–Kier alpha value is -0.870. The van der Waals surface area contributed by atoms with Crippen molar-refractivity contribution in [3.63, 3.8) is 0 Å². The molecule has 1 aliphatic carbocycles. The molecule has 0 aliphatic heterocycles. The molecule has 4 heteroatoms. The highest BCUT2D eigenvalue weighted by atomic mass is 16.5. The summed E-state index contributed by atoms with van der Waals surface area (Å²) in [5.74, 6) is 0.938. The molecule has 0 saturated heterocycles. The van der Waals surface area contributed by atoms with E-state index < -0.39 is 0 Å². The topological polar surface area (TPSA) is 41.3 Å². The van der Waals surface area contributed by atoms with Crippen LogP contribution >= 0.6 is 0 Å². The fourth-order valence-electron chi connectivity index (χ4n) is 3.17. The van der Waals surface area contributed by atoms with Crippen LogP contribution in [0.4, 0.5) is 0 Å². The van der Waals surface area contributed by atoms with Gasteiger partial charge in [-0.1, -0.05) is 24.4 Å². The lowest BCUT2D eigenvalue weighted by atomic mass is 9.80. The first-order valence-corrected chi connectivity index (χ1v) is 7.35. The predicted octanol–water partition coefficient (Wildman–Crippen LogP) is 2.65. The minimum Gasteiger partial charge on any atom is -0.361 e. The summed E-state index contributed by atoms with van der Waals surface area (Å²) in [7, 11) is 4.42. The van der Waals surface area contributed by atoms with Crippen molar-refractivity contribution in [2.24, 2.45) is 0 Å². The molecular formula is C15H27N3O. The van der Waals surface area contributed by atoms with Gasteiger partial charge in [-0.05, 0) is 40.8 Å². The molecule has 0 amide bonds. The van der Waals surface area contributed by atoms with E-state index in [9.17, 15) is 0 Å². The molecule has 1 aromatic rings. The van der Waals surface area contributed by atoms with E-state index in [1.54, 1.807) is 0 Å². The van der Waals surface area contributed by atoms with E-state index in [0.29, 0.717) is 5.54 Å². The molecule has 0 aromatic carbocycles. The zero-order chi connectivity index (χ0) is 13.9. The van der Waals surface area contributed by atoms with Gasteiger partial charge in [-0.2, -0.15) is 0 Å². The molecule has 1 heterocycles. The van der Waals surface area contributed by atoms with Gasteiger partial charge in [0.15, 0.2) is 0 Å². The first kappa shape index (κ1) is 14.5. The molecule has 2 rings (SSSR count). The fraction of sp³-hybridized carbons (Fsp3) is 0.800. The summed E-state index contributed by atoms with van der Waals surface area (Å²) >= 11 is 0. The SMILES string of the molecule is Cc1noc(C)c1CNCC1(N(C)C)CCCCC1. The quantitative estimate of drug-likeness (QED) is 0.888. The Balaban J connectivity index is 1.93. The maximum absolute atomic E-state index is 5.21. The molecule has 0 radical (unpaired) electrons. The fourth-order valence-corrected chi connectivity index (χ4v) is 3.17. The summed E-state index contributed by atoms with van der Waals surface area (Å²) in [5.41, 5.74) is 2.55. The lowest BCUT2D eigenvalue weighted by Crippen LogP contribution is -2.52. The summed E-state index contributed by atoms with van der Waals surface area (Å²) in [6, 6.07) is 0. The Morgan fingerprint density at radius 1 is 1.21 bits per heavy atom. The Labute approximate surface area is 116 Å². The van der Waals surface area contributed by atoms with Crippen molar-refractivity contribution in [3.8, 4) is 0 Å². The number of likely N-dealkylation sites (N-methyl/N-ethyl adjacent to an activating group) is 1. The molecule has 1 fully saturated rings. The third-order valence-electron chi connectivity index (χ3n) is 4.67. The van der Waals surface area contributed by atoms with Gasteiger partial charge in [-0.25, -0.2) is 0 Å². The second-order valence-electron chi connectivity index (χ2n) is 6.09. The Kier molecular flexibility index (Phi) is 4.63. The van der Waals surface area contributed by atoms with Crippen molar-refractivity contribution in [2.45, 2.75) is 58.0 Å². The van der Waals surface area contributed by atoms with E-state index in [1.807, 2.05) is 13.8 Å². The second kappa shape index (κ2) is 6.06. The molecular weight excluding hydrogens is 238 g/mol. The highest BCUT2D eigenvalue weighted by Gasteiger charge is 2.33. The van der Waals surface area contributed by atoms with E-state index in [0.717, 1.165) is 24.5 Å². The van der Waals surface area contributed by atoms with Crippen molar-refractivity contribution in [1.29, 1.82) is 0 Å². The third kappa shape index (κ3) is 3.18. The standard InChI is InChI=1S/C15H27N3O/c1-12-14(13(2)19-17-12)10-16-11-15(18(3)4)8-6-5-7-9-15/h16H,5-11H2,1-4H3. The highest BCUT2D eigenvalue weighted by Crippen LogP contribution is 2.31. The van der Waals surface area contributed by atoms with Gasteiger partial charge in [0.05, 0.1) is 5.69 Å². The molecule has 108 valence electrons. The van der Waals surface area contributed by atoms with Gasteiger partial charge in [0.25, 0.3) is 0 Å². The van der Waals surface area contributed by atoms with E-state index >= 15 is 0 Å². The van der Waals surface area contributed by atoms with Crippen LogP contribution in [0, 0.1) is 13.8 Å². The van der Waals surface area contributed by atoms with Crippen LogP contribution in [0.15, 0.2) is 4.52 Å². The van der Waals surface area contributed by atoms with E-state index in [1.165, 1.54) is 37.7 Å². The van der Waals surface area contributed by atoms with E-state index in [-0.39, 0.29) is 0 Å². The van der Waals surface area contributed by atoms with Crippen LogP contribution < -0.4 is 5.32 Å². The smallest absolute Gasteiger partial charge is 0.138 e. The van der Waals surface area contributed by atoms with Crippen LogP contribution in [-0.4, -0.2) is 36.2 Å². The Bertz CT molecular complexity index is 386. The number of hydrogen-bond donors (Lipinski definition) is 1. The van der Waals surface area contributed by atoms with Crippen molar-refractivity contribution in [2.75, 3.05) is 20.6 Å². The molecule has 0 atom stereocenters. The first-order chi connectivity index (χ1) is 9.05. The molecule has 0 spiro atoms. The zero-order valence-corrected chi connectivity index (χ0v) is 12.8. The van der Waals surface area contributed by atoms with Crippen LogP contribution in [0.25, 0.3) is 0 Å². The van der Waals surface area contributed by atoms with Crippen LogP contribution in [0.1, 0.15) is 49.1 Å². The lowest BCUT2D eigenvalue weighted by molar-refractivity contribution is 0.0983. The highest BCUT2D eigenvalue weighted by molar-refractivity contribution is 5.20. The average Bonchev–Trinajstić information content (AvgIpc) is 2.71. The number of aromatic nitrogens is 1. The van der Waals surface area contributed by atoms with Gasteiger partial charge in [0.2, 0.25) is 0 Å². The predicted molar refractivity (Wildman–Crippen MR) is 77.2 cm³/mol. The van der Waals surface area contributed by atoms with Crippen molar-refractivity contribution in [1.82, 2.24) is 15.4 Å². The van der Waals surface area contributed by atoms with Gasteiger partial charge in [0, 0.05) is 24.2 Å². The van der Waals surface area contributed by atoms with Gasteiger partial charge in [0.1, 0.15) is 5.76 Å². The Morgan fingerprint density at radius 2 is 1.89 bits per heavy atom. The van der Waals surface area contributed by atoms with Crippen LogP contribution in [-0.2, 0) is 6.54 Å². The Morgan fingerprint density at radius 3 is 2.42 bits per heavy atom. The first-order valence-electron chi connectivity index (χ1n) is 7.35. The summed E-state index contributed by atoms with van der Waals surface area (Å²) in [4.78, 5) is 2.41. The van der Waals surface area contributed by atoms with Crippen molar-refractivity contribution >= 4 is 0 Å². The number of nitrogens with one attached hydrogen (secondary N) is 1. The minimum absolute atomic E-state index is 0.331. The van der Waals surface area contributed by atoms with Gasteiger partial charge < -0.3 is 14.7 Å². The van der Waals surface area contributed by atoms with Gasteiger partial charge in [-0.3, -0.25) is 0 Å². The molecule has 1 aromatic heterocycles. The maximum Gasteiger partial charge on any atom is 0.138 e. The average molecular weight is 265 g/mol. The maximum atomic E-state index is 5.21. The van der Waals surface area contributed by atoms with Gasteiger partial charge >= 0.3 is 0 Å². The normalized spacial score (nSPS) is 19.0. The monoisotopic (exact) mass is 265 g/mol.